The summed E-state index contributed by atoms with van der Waals surface area (Å²) in [5.74, 6) is 0. The Kier molecular flexibility index (Phi) is 2.97. The molecule has 3 nitrogen and oxygen atoms in total. The zero-order chi connectivity index (χ0) is 6.53. The van der Waals surface area contributed by atoms with Crippen LogP contribution in [0.4, 0.5) is 0 Å². The van der Waals surface area contributed by atoms with Gasteiger partial charge in [0.2, 0.25) is 0 Å². The Hall–Kier alpha value is -0.120. The fourth-order valence-corrected chi connectivity index (χ4v) is 0.858. The highest BCUT2D eigenvalue weighted by Gasteiger charge is 2.14. The molecule has 1 rings (SSSR count). The van der Waals surface area contributed by atoms with Crippen molar-refractivity contribution >= 4 is 0 Å². The molecular formula is C6H12O3. The molecule has 0 bridgehead atoms. The topological polar surface area (TPSA) is 38.7 Å². The van der Waals surface area contributed by atoms with Gasteiger partial charge in [0, 0.05) is 6.61 Å². The van der Waals surface area contributed by atoms with Crippen molar-refractivity contribution in [3.63, 3.8) is 0 Å². The number of ether oxygens (including phenoxy) is 2. The second-order valence-electron chi connectivity index (χ2n) is 2.14. The summed E-state index contributed by atoms with van der Waals surface area (Å²) in [7, 11) is 0. The van der Waals surface area contributed by atoms with Gasteiger partial charge in [-0.2, -0.15) is 0 Å². The van der Waals surface area contributed by atoms with Gasteiger partial charge >= 0.3 is 0 Å². The minimum Gasteiger partial charge on any atom is -0.396 e. The highest BCUT2D eigenvalue weighted by molar-refractivity contribution is 4.58. The van der Waals surface area contributed by atoms with E-state index in [9.17, 15) is 0 Å². The molecule has 0 amide bonds. The summed E-state index contributed by atoms with van der Waals surface area (Å²) in [6.45, 7) is 1.37. The minimum atomic E-state index is 0.233. The summed E-state index contributed by atoms with van der Waals surface area (Å²) >= 11 is 0. The molecule has 0 spiro atoms. The lowest BCUT2D eigenvalue weighted by Gasteiger charge is -2.03. The number of hydrogen-bond donors (Lipinski definition) is 1. The van der Waals surface area contributed by atoms with E-state index in [0.29, 0.717) is 13.4 Å². The van der Waals surface area contributed by atoms with Gasteiger partial charge in [0.05, 0.1) is 12.7 Å². The first-order chi connectivity index (χ1) is 4.43. The molecule has 1 saturated heterocycles. The van der Waals surface area contributed by atoms with Crippen molar-refractivity contribution in [1.82, 2.24) is 0 Å². The Labute approximate surface area is 54.6 Å². The van der Waals surface area contributed by atoms with Crippen LogP contribution in [0.1, 0.15) is 12.8 Å². The third-order valence-electron chi connectivity index (χ3n) is 1.38. The van der Waals surface area contributed by atoms with Gasteiger partial charge in [-0.05, 0) is 12.8 Å². The largest absolute Gasteiger partial charge is 0.396 e. The molecule has 0 unspecified atom stereocenters. The molecule has 9 heavy (non-hydrogen) atoms. The zero-order valence-corrected chi connectivity index (χ0v) is 5.38. The van der Waals surface area contributed by atoms with E-state index in [1.54, 1.807) is 0 Å². The van der Waals surface area contributed by atoms with E-state index >= 15 is 0 Å². The number of hydrogen-bond acceptors (Lipinski definition) is 3. The van der Waals surface area contributed by atoms with E-state index in [1.807, 2.05) is 0 Å². The van der Waals surface area contributed by atoms with Crippen LogP contribution >= 0.6 is 0 Å². The van der Waals surface area contributed by atoms with Crippen LogP contribution in [0.3, 0.4) is 0 Å². The third-order valence-corrected chi connectivity index (χ3v) is 1.38. The predicted octanol–water partition coefficient (Wildman–Crippen LogP) is 0.132. The average molecular weight is 132 g/mol. The van der Waals surface area contributed by atoms with Crippen LogP contribution in [0, 0.1) is 0 Å². The molecule has 1 fully saturated rings. The highest BCUT2D eigenvalue weighted by Crippen LogP contribution is 2.08. The molecule has 54 valence electrons. The first-order valence-corrected chi connectivity index (χ1v) is 3.23. The van der Waals surface area contributed by atoms with Gasteiger partial charge in [-0.25, -0.2) is 0 Å². The zero-order valence-electron chi connectivity index (χ0n) is 5.38. The lowest BCUT2D eigenvalue weighted by atomic mass is 10.2. The Morgan fingerprint density at radius 1 is 1.56 bits per heavy atom. The lowest BCUT2D eigenvalue weighted by molar-refractivity contribution is 0.0428. The summed E-state index contributed by atoms with van der Waals surface area (Å²) < 4.78 is 10.1. The molecule has 0 saturated carbocycles. The maximum Gasteiger partial charge on any atom is 0.147 e. The molecule has 0 aliphatic carbocycles. The first-order valence-electron chi connectivity index (χ1n) is 3.23. The molecule has 0 aromatic carbocycles. The average Bonchev–Trinajstić information content (AvgIpc) is 2.34. The number of aliphatic hydroxyl groups is 1. The Morgan fingerprint density at radius 3 is 3.00 bits per heavy atom. The molecule has 1 atom stereocenters. The monoisotopic (exact) mass is 132 g/mol. The fourth-order valence-electron chi connectivity index (χ4n) is 0.858. The van der Waals surface area contributed by atoms with Gasteiger partial charge in [0.25, 0.3) is 0 Å². The maximum absolute atomic E-state index is 8.43. The first kappa shape index (κ1) is 6.99. The molecule has 3 heteroatoms. The van der Waals surface area contributed by atoms with Crippen molar-refractivity contribution in [1.29, 1.82) is 0 Å². The summed E-state index contributed by atoms with van der Waals surface area (Å²) in [6, 6.07) is 0. The van der Waals surface area contributed by atoms with Crippen LogP contribution < -0.4 is 0 Å². The molecule has 1 heterocycles. The van der Waals surface area contributed by atoms with Gasteiger partial charge in [-0.15, -0.1) is 0 Å². The van der Waals surface area contributed by atoms with Crippen molar-refractivity contribution < 1.29 is 14.6 Å². The van der Waals surface area contributed by atoms with Crippen molar-refractivity contribution in [2.24, 2.45) is 0 Å². The van der Waals surface area contributed by atoms with Gasteiger partial charge < -0.3 is 14.6 Å². The molecule has 1 aliphatic heterocycles. The van der Waals surface area contributed by atoms with Crippen molar-refractivity contribution in [2.45, 2.75) is 18.9 Å². The molecule has 0 aromatic rings. The molecule has 1 N–H and O–H groups in total. The molecular weight excluding hydrogens is 120 g/mol. The number of aliphatic hydroxyl groups excluding tert-OH is 1. The smallest absolute Gasteiger partial charge is 0.147 e. The van der Waals surface area contributed by atoms with E-state index in [0.717, 1.165) is 12.8 Å². The maximum atomic E-state index is 8.43. The summed E-state index contributed by atoms with van der Waals surface area (Å²) in [5, 5.41) is 8.43. The fraction of sp³-hybridized carbons (Fsp3) is 1.00. The minimum absolute atomic E-state index is 0.233. The Morgan fingerprint density at radius 2 is 2.44 bits per heavy atom. The van der Waals surface area contributed by atoms with Crippen LogP contribution in [-0.2, 0) is 9.47 Å². The van der Waals surface area contributed by atoms with Crippen LogP contribution in [0.2, 0.25) is 0 Å². The molecule has 1 aliphatic rings. The van der Waals surface area contributed by atoms with Crippen molar-refractivity contribution in [3.05, 3.63) is 0 Å². The van der Waals surface area contributed by atoms with E-state index in [4.69, 9.17) is 14.6 Å². The normalized spacial score (nSPS) is 27.0. The van der Waals surface area contributed by atoms with Crippen LogP contribution in [0.25, 0.3) is 0 Å². The predicted molar refractivity (Wildman–Crippen MR) is 32.0 cm³/mol. The van der Waals surface area contributed by atoms with Crippen LogP contribution in [0.5, 0.6) is 0 Å². The van der Waals surface area contributed by atoms with Gasteiger partial charge in [-0.3, -0.25) is 0 Å². The standard InChI is InChI=1S/C6H12O3/c7-3-1-2-6-4-8-5-9-6/h6-7H,1-5H2/t6-/m0/s1. The highest BCUT2D eigenvalue weighted by atomic mass is 16.7. The van der Waals surface area contributed by atoms with E-state index in [2.05, 4.69) is 0 Å². The van der Waals surface area contributed by atoms with E-state index < -0.39 is 0 Å². The second kappa shape index (κ2) is 3.82. The van der Waals surface area contributed by atoms with Crippen LogP contribution in [-0.4, -0.2) is 31.2 Å². The Balaban J connectivity index is 1.98. The molecule has 0 radical (unpaired) electrons. The lowest BCUT2D eigenvalue weighted by Crippen LogP contribution is -2.09. The summed E-state index contributed by atoms with van der Waals surface area (Å²) in [4.78, 5) is 0. The molecule has 0 aromatic heterocycles. The van der Waals surface area contributed by atoms with E-state index in [-0.39, 0.29) is 12.7 Å². The summed E-state index contributed by atoms with van der Waals surface area (Å²) in [5.41, 5.74) is 0. The SMILES string of the molecule is OCCC[C@H]1COCO1. The number of rotatable bonds is 3. The van der Waals surface area contributed by atoms with E-state index in [1.165, 1.54) is 0 Å². The quantitative estimate of drug-likeness (QED) is 0.593. The Bertz CT molecular complexity index is 68.7. The van der Waals surface area contributed by atoms with Crippen molar-refractivity contribution in [2.75, 3.05) is 20.0 Å². The van der Waals surface area contributed by atoms with Gasteiger partial charge in [-0.1, -0.05) is 0 Å². The van der Waals surface area contributed by atoms with Gasteiger partial charge in [0.1, 0.15) is 6.79 Å². The van der Waals surface area contributed by atoms with Gasteiger partial charge in [0.15, 0.2) is 0 Å². The van der Waals surface area contributed by atoms with Crippen LogP contribution in [0.15, 0.2) is 0 Å². The third kappa shape index (κ3) is 2.30. The second-order valence-corrected chi connectivity index (χ2v) is 2.14. The van der Waals surface area contributed by atoms with Crippen molar-refractivity contribution in [3.8, 4) is 0 Å². The summed E-state index contributed by atoms with van der Waals surface area (Å²) in [6.07, 6.45) is 1.96.